The van der Waals surface area contributed by atoms with E-state index in [-0.39, 0.29) is 5.82 Å². The molecule has 0 atom stereocenters. The van der Waals surface area contributed by atoms with Crippen molar-refractivity contribution in [3.8, 4) is 0 Å². The molecule has 2 rings (SSSR count). The average Bonchev–Trinajstić information content (AvgIpc) is 2.19. The number of halogens is 1. The lowest BCUT2D eigenvalue weighted by atomic mass is 10.3. The molecule has 1 saturated heterocycles. The van der Waals surface area contributed by atoms with Crippen LogP contribution in [-0.4, -0.2) is 36.1 Å². The second-order valence-electron chi connectivity index (χ2n) is 3.44. The van der Waals surface area contributed by atoms with E-state index in [2.05, 4.69) is 16.9 Å². The van der Waals surface area contributed by atoms with E-state index in [0.29, 0.717) is 0 Å². The number of pyridine rings is 1. The summed E-state index contributed by atoms with van der Waals surface area (Å²) in [5.41, 5.74) is 0. The molecule has 14 heavy (non-hydrogen) atoms. The van der Waals surface area contributed by atoms with Crippen LogP contribution in [0.3, 0.4) is 0 Å². The SMILES string of the molecule is [CH2]N1CCN(c2cc(F)ccn2)CC1. The Hall–Kier alpha value is -1.16. The zero-order valence-electron chi connectivity index (χ0n) is 7.99. The maximum absolute atomic E-state index is 12.9. The maximum Gasteiger partial charge on any atom is 0.131 e. The largest absolute Gasteiger partial charge is 0.354 e. The molecule has 2 heterocycles. The Balaban J connectivity index is 2.08. The van der Waals surface area contributed by atoms with Crippen LogP contribution in [0.2, 0.25) is 0 Å². The molecular weight excluding hydrogens is 181 g/mol. The summed E-state index contributed by atoms with van der Waals surface area (Å²) in [6.07, 6.45) is 1.50. The summed E-state index contributed by atoms with van der Waals surface area (Å²) in [5.74, 6) is 0.491. The van der Waals surface area contributed by atoms with E-state index >= 15 is 0 Å². The van der Waals surface area contributed by atoms with E-state index in [1.807, 2.05) is 4.90 Å². The van der Waals surface area contributed by atoms with Gasteiger partial charge in [0.25, 0.3) is 0 Å². The predicted molar refractivity (Wildman–Crippen MR) is 53.3 cm³/mol. The highest BCUT2D eigenvalue weighted by Crippen LogP contribution is 2.13. The van der Waals surface area contributed by atoms with E-state index in [0.717, 1.165) is 32.0 Å². The van der Waals surface area contributed by atoms with Gasteiger partial charge in [-0.1, -0.05) is 0 Å². The van der Waals surface area contributed by atoms with E-state index < -0.39 is 0 Å². The molecular formula is C10H13FN3. The summed E-state index contributed by atoms with van der Waals surface area (Å²) in [6.45, 7) is 3.52. The number of rotatable bonds is 1. The van der Waals surface area contributed by atoms with Crippen molar-refractivity contribution in [3.63, 3.8) is 0 Å². The molecule has 0 bridgehead atoms. The number of anilines is 1. The van der Waals surface area contributed by atoms with Gasteiger partial charge < -0.3 is 4.90 Å². The zero-order chi connectivity index (χ0) is 9.97. The Morgan fingerprint density at radius 1 is 1.29 bits per heavy atom. The Bertz CT molecular complexity index is 308. The third-order valence-electron chi connectivity index (χ3n) is 2.40. The van der Waals surface area contributed by atoms with Gasteiger partial charge in [-0.3, -0.25) is 4.90 Å². The number of piperazine rings is 1. The topological polar surface area (TPSA) is 19.4 Å². The molecule has 0 saturated carbocycles. The highest BCUT2D eigenvalue weighted by molar-refractivity contribution is 5.38. The van der Waals surface area contributed by atoms with Gasteiger partial charge in [-0.15, -0.1) is 0 Å². The van der Waals surface area contributed by atoms with Crippen molar-refractivity contribution in [2.75, 3.05) is 31.1 Å². The van der Waals surface area contributed by atoms with Crippen molar-refractivity contribution >= 4 is 5.82 Å². The standard InChI is InChI=1S/C10H13FN3/c1-13-4-6-14(7-5-13)10-8-9(11)2-3-12-10/h2-3,8H,1,4-7H2. The summed E-state index contributed by atoms with van der Waals surface area (Å²) >= 11 is 0. The van der Waals surface area contributed by atoms with Crippen molar-refractivity contribution in [1.29, 1.82) is 0 Å². The fourth-order valence-electron chi connectivity index (χ4n) is 1.54. The van der Waals surface area contributed by atoms with Crippen LogP contribution in [-0.2, 0) is 0 Å². The molecule has 0 N–H and O–H groups in total. The molecule has 4 heteroatoms. The van der Waals surface area contributed by atoms with Crippen LogP contribution in [0.5, 0.6) is 0 Å². The Morgan fingerprint density at radius 3 is 2.64 bits per heavy atom. The molecule has 1 aromatic rings. The van der Waals surface area contributed by atoms with Gasteiger partial charge >= 0.3 is 0 Å². The van der Waals surface area contributed by atoms with E-state index in [4.69, 9.17) is 0 Å². The number of aromatic nitrogens is 1. The van der Waals surface area contributed by atoms with Crippen LogP contribution in [0.1, 0.15) is 0 Å². The first-order valence-electron chi connectivity index (χ1n) is 4.67. The summed E-state index contributed by atoms with van der Waals surface area (Å²) < 4.78 is 12.9. The highest BCUT2D eigenvalue weighted by Gasteiger charge is 2.15. The molecule has 1 aliphatic heterocycles. The molecule has 0 aliphatic carbocycles. The van der Waals surface area contributed by atoms with E-state index in [9.17, 15) is 4.39 Å². The van der Waals surface area contributed by atoms with E-state index in [1.165, 1.54) is 18.3 Å². The maximum atomic E-state index is 12.9. The van der Waals surface area contributed by atoms with Crippen molar-refractivity contribution in [2.24, 2.45) is 0 Å². The molecule has 0 spiro atoms. The lowest BCUT2D eigenvalue weighted by molar-refractivity contribution is 0.343. The lowest BCUT2D eigenvalue weighted by Crippen LogP contribution is -2.44. The molecule has 75 valence electrons. The minimum Gasteiger partial charge on any atom is -0.354 e. The van der Waals surface area contributed by atoms with Crippen molar-refractivity contribution < 1.29 is 4.39 Å². The van der Waals surface area contributed by atoms with Gasteiger partial charge in [0.15, 0.2) is 0 Å². The van der Waals surface area contributed by atoms with Crippen molar-refractivity contribution in [1.82, 2.24) is 9.88 Å². The fourth-order valence-corrected chi connectivity index (χ4v) is 1.54. The summed E-state index contributed by atoms with van der Waals surface area (Å²) in [5, 5.41) is 0. The highest BCUT2D eigenvalue weighted by atomic mass is 19.1. The van der Waals surface area contributed by atoms with Gasteiger partial charge in [-0.2, -0.15) is 0 Å². The first kappa shape index (κ1) is 9.40. The van der Waals surface area contributed by atoms with Gasteiger partial charge in [-0.05, 0) is 6.07 Å². The molecule has 1 aromatic heterocycles. The van der Waals surface area contributed by atoms with Gasteiger partial charge in [0.2, 0.25) is 0 Å². The number of hydrogen-bond acceptors (Lipinski definition) is 3. The smallest absolute Gasteiger partial charge is 0.131 e. The molecule has 0 aromatic carbocycles. The molecule has 3 nitrogen and oxygen atoms in total. The van der Waals surface area contributed by atoms with Gasteiger partial charge in [0, 0.05) is 45.5 Å². The van der Waals surface area contributed by atoms with Crippen LogP contribution in [0.4, 0.5) is 10.2 Å². The van der Waals surface area contributed by atoms with Crippen molar-refractivity contribution in [3.05, 3.63) is 31.2 Å². The van der Waals surface area contributed by atoms with Crippen molar-refractivity contribution in [2.45, 2.75) is 0 Å². The fraction of sp³-hybridized carbons (Fsp3) is 0.400. The summed E-state index contributed by atoms with van der Waals surface area (Å²) in [4.78, 5) is 8.22. The molecule has 1 fully saturated rings. The quantitative estimate of drug-likeness (QED) is 0.668. The third kappa shape index (κ3) is 2.01. The average molecular weight is 194 g/mol. The predicted octanol–water partition coefficient (Wildman–Crippen LogP) is 1.13. The molecule has 1 radical (unpaired) electrons. The van der Waals surface area contributed by atoms with Gasteiger partial charge in [-0.25, -0.2) is 9.37 Å². The zero-order valence-corrected chi connectivity index (χ0v) is 7.99. The van der Waals surface area contributed by atoms with Crippen LogP contribution in [0.25, 0.3) is 0 Å². The first-order valence-corrected chi connectivity index (χ1v) is 4.67. The third-order valence-corrected chi connectivity index (χ3v) is 2.40. The van der Waals surface area contributed by atoms with Crippen LogP contribution < -0.4 is 4.90 Å². The van der Waals surface area contributed by atoms with Crippen LogP contribution in [0, 0.1) is 12.9 Å². The minimum absolute atomic E-state index is 0.230. The Labute approximate surface area is 83.2 Å². The number of hydrogen-bond donors (Lipinski definition) is 0. The first-order chi connectivity index (χ1) is 6.75. The van der Waals surface area contributed by atoms with Gasteiger partial charge in [0.1, 0.15) is 11.6 Å². The lowest BCUT2D eigenvalue weighted by Gasteiger charge is -2.32. The monoisotopic (exact) mass is 194 g/mol. The van der Waals surface area contributed by atoms with E-state index in [1.54, 1.807) is 0 Å². The normalized spacial score (nSPS) is 18.6. The Morgan fingerprint density at radius 2 is 2.00 bits per heavy atom. The molecule has 0 unspecified atom stereocenters. The Kier molecular flexibility index (Phi) is 2.63. The van der Waals surface area contributed by atoms with Gasteiger partial charge in [0.05, 0.1) is 0 Å². The minimum atomic E-state index is -0.230. The molecule has 1 aliphatic rings. The second-order valence-corrected chi connectivity index (χ2v) is 3.44. The summed E-state index contributed by atoms with van der Waals surface area (Å²) in [6, 6.07) is 2.83. The van der Waals surface area contributed by atoms with Crippen LogP contribution in [0.15, 0.2) is 18.3 Å². The molecule has 0 amide bonds. The second kappa shape index (κ2) is 3.92. The number of nitrogens with zero attached hydrogens (tertiary/aromatic N) is 3. The summed E-state index contributed by atoms with van der Waals surface area (Å²) in [7, 11) is 3.86. The van der Waals surface area contributed by atoms with Crippen LogP contribution >= 0.6 is 0 Å².